The molecule has 0 saturated carbocycles. The van der Waals surface area contributed by atoms with Gasteiger partial charge in [0.2, 0.25) is 5.91 Å². The zero-order chi connectivity index (χ0) is 14.9. The summed E-state index contributed by atoms with van der Waals surface area (Å²) in [6.45, 7) is 0. The number of hydrogen-bond acceptors (Lipinski definition) is 3. The molecule has 4 nitrogen and oxygen atoms in total. The maximum Gasteiger partial charge on any atom is 0.240 e. The Morgan fingerprint density at radius 1 is 1.14 bits per heavy atom. The highest BCUT2D eigenvalue weighted by atomic mass is 16.5. The number of nitrogens with zero attached hydrogens (tertiary/aromatic N) is 1. The maximum absolute atomic E-state index is 11.7. The first-order valence-corrected chi connectivity index (χ1v) is 6.78. The second kappa shape index (κ2) is 7.85. The van der Waals surface area contributed by atoms with E-state index < -0.39 is 0 Å². The largest absolute Gasteiger partial charge is 0.496 e. The van der Waals surface area contributed by atoms with Crippen molar-refractivity contribution in [2.45, 2.75) is 12.8 Å². The van der Waals surface area contributed by atoms with Gasteiger partial charge >= 0.3 is 0 Å². The lowest BCUT2D eigenvalue weighted by molar-refractivity contribution is -0.121. The number of methoxy groups -OCH3 is 1. The average Bonchev–Trinajstić information content (AvgIpc) is 2.54. The summed E-state index contributed by atoms with van der Waals surface area (Å²) in [4.78, 5) is 11.7. The van der Waals surface area contributed by atoms with Gasteiger partial charge in [-0.2, -0.15) is 5.10 Å². The van der Waals surface area contributed by atoms with Crippen molar-refractivity contribution in [2.75, 3.05) is 7.11 Å². The number of carbonyl (C=O) groups is 1. The van der Waals surface area contributed by atoms with Gasteiger partial charge in [-0.1, -0.05) is 42.5 Å². The van der Waals surface area contributed by atoms with Gasteiger partial charge in [0.25, 0.3) is 0 Å². The number of hydrogen-bond donors (Lipinski definition) is 1. The van der Waals surface area contributed by atoms with Crippen molar-refractivity contribution in [3.05, 3.63) is 65.7 Å². The van der Waals surface area contributed by atoms with Crippen molar-refractivity contribution in [3.8, 4) is 5.75 Å². The van der Waals surface area contributed by atoms with E-state index in [2.05, 4.69) is 10.5 Å². The summed E-state index contributed by atoms with van der Waals surface area (Å²) in [7, 11) is 1.60. The standard InChI is InChI=1S/C17H18N2O2/c1-21-16-10-6-5-9-15(16)13-18-19-17(20)12-11-14-7-3-2-4-8-14/h2-10,13H,11-12H2,1H3,(H,19,20)/b18-13-. The van der Waals surface area contributed by atoms with Gasteiger partial charge in [-0.3, -0.25) is 4.79 Å². The van der Waals surface area contributed by atoms with E-state index in [0.717, 1.165) is 16.9 Å². The lowest BCUT2D eigenvalue weighted by atomic mass is 10.1. The molecular formula is C17H18N2O2. The number of nitrogens with one attached hydrogen (secondary N) is 1. The molecule has 0 radical (unpaired) electrons. The molecule has 2 aromatic carbocycles. The van der Waals surface area contributed by atoms with E-state index in [9.17, 15) is 4.79 Å². The molecule has 0 spiro atoms. The molecule has 0 atom stereocenters. The van der Waals surface area contributed by atoms with Crippen molar-refractivity contribution in [2.24, 2.45) is 5.10 Å². The van der Waals surface area contributed by atoms with Gasteiger partial charge in [-0.15, -0.1) is 0 Å². The van der Waals surface area contributed by atoms with Crippen LogP contribution >= 0.6 is 0 Å². The van der Waals surface area contributed by atoms with E-state index in [-0.39, 0.29) is 5.91 Å². The number of ether oxygens (including phenoxy) is 1. The smallest absolute Gasteiger partial charge is 0.240 e. The van der Waals surface area contributed by atoms with Crippen LogP contribution in [0.4, 0.5) is 0 Å². The summed E-state index contributed by atoms with van der Waals surface area (Å²) in [5.41, 5.74) is 4.49. The Morgan fingerprint density at radius 3 is 2.62 bits per heavy atom. The van der Waals surface area contributed by atoms with Gasteiger partial charge in [0, 0.05) is 12.0 Å². The van der Waals surface area contributed by atoms with E-state index in [0.29, 0.717) is 12.8 Å². The van der Waals surface area contributed by atoms with Gasteiger partial charge in [-0.05, 0) is 24.1 Å². The van der Waals surface area contributed by atoms with E-state index >= 15 is 0 Å². The topological polar surface area (TPSA) is 50.7 Å². The highest BCUT2D eigenvalue weighted by Crippen LogP contribution is 2.14. The summed E-state index contributed by atoms with van der Waals surface area (Å²) in [5, 5.41) is 3.96. The fourth-order valence-corrected chi connectivity index (χ4v) is 1.91. The Balaban J connectivity index is 1.82. The molecule has 0 unspecified atom stereocenters. The molecule has 0 aliphatic carbocycles. The third-order valence-corrected chi connectivity index (χ3v) is 3.02. The van der Waals surface area contributed by atoms with Gasteiger partial charge in [0.1, 0.15) is 5.75 Å². The number of rotatable bonds is 6. The van der Waals surface area contributed by atoms with Crippen LogP contribution in [0.1, 0.15) is 17.5 Å². The molecule has 1 N–H and O–H groups in total. The van der Waals surface area contributed by atoms with Crippen LogP contribution in [0.5, 0.6) is 5.75 Å². The molecule has 0 aromatic heterocycles. The van der Waals surface area contributed by atoms with Crippen LogP contribution in [-0.2, 0) is 11.2 Å². The first-order chi connectivity index (χ1) is 10.3. The Labute approximate surface area is 124 Å². The predicted molar refractivity (Wildman–Crippen MR) is 83.5 cm³/mol. The summed E-state index contributed by atoms with van der Waals surface area (Å²) < 4.78 is 5.20. The van der Waals surface area contributed by atoms with Gasteiger partial charge in [-0.25, -0.2) is 5.43 Å². The summed E-state index contributed by atoms with van der Waals surface area (Å²) in [6, 6.07) is 17.4. The van der Waals surface area contributed by atoms with Crippen molar-refractivity contribution in [1.29, 1.82) is 0 Å². The van der Waals surface area contributed by atoms with E-state index in [1.54, 1.807) is 13.3 Å². The number of para-hydroxylation sites is 1. The molecule has 21 heavy (non-hydrogen) atoms. The number of amides is 1. The zero-order valence-corrected chi connectivity index (χ0v) is 12.0. The fraction of sp³-hybridized carbons (Fsp3) is 0.176. The predicted octanol–water partition coefficient (Wildman–Crippen LogP) is 2.78. The minimum Gasteiger partial charge on any atom is -0.496 e. The maximum atomic E-state index is 11.7. The van der Waals surface area contributed by atoms with Crippen molar-refractivity contribution in [3.63, 3.8) is 0 Å². The molecule has 2 aromatic rings. The minimum absolute atomic E-state index is 0.106. The Bertz CT molecular complexity index is 609. The number of hydrazone groups is 1. The first kappa shape index (κ1) is 14.8. The quantitative estimate of drug-likeness (QED) is 0.654. The molecule has 0 fully saturated rings. The second-order valence-electron chi connectivity index (χ2n) is 4.52. The third kappa shape index (κ3) is 4.76. The van der Waals surface area contributed by atoms with Crippen LogP contribution in [0.25, 0.3) is 0 Å². The van der Waals surface area contributed by atoms with Gasteiger partial charge < -0.3 is 4.74 Å². The first-order valence-electron chi connectivity index (χ1n) is 6.78. The van der Waals surface area contributed by atoms with E-state index in [1.807, 2.05) is 54.6 Å². The van der Waals surface area contributed by atoms with Gasteiger partial charge in [0.05, 0.1) is 13.3 Å². The Morgan fingerprint density at radius 2 is 1.86 bits per heavy atom. The normalized spacial score (nSPS) is 10.5. The number of aryl methyl sites for hydroxylation is 1. The molecule has 108 valence electrons. The molecule has 0 aliphatic heterocycles. The van der Waals surface area contributed by atoms with Crippen LogP contribution < -0.4 is 10.2 Å². The van der Waals surface area contributed by atoms with Crippen molar-refractivity contribution < 1.29 is 9.53 Å². The molecule has 0 aliphatic rings. The lowest BCUT2D eigenvalue weighted by Crippen LogP contribution is -2.17. The molecule has 0 saturated heterocycles. The SMILES string of the molecule is COc1ccccc1/C=N\NC(=O)CCc1ccccc1. The monoisotopic (exact) mass is 282 g/mol. The van der Waals surface area contributed by atoms with E-state index in [4.69, 9.17) is 4.74 Å². The average molecular weight is 282 g/mol. The Hall–Kier alpha value is -2.62. The van der Waals surface area contributed by atoms with Crippen molar-refractivity contribution in [1.82, 2.24) is 5.43 Å². The number of carbonyl (C=O) groups excluding carboxylic acids is 1. The second-order valence-corrected chi connectivity index (χ2v) is 4.52. The molecule has 1 amide bonds. The number of benzene rings is 2. The molecule has 0 bridgehead atoms. The van der Waals surface area contributed by atoms with Crippen LogP contribution in [0.15, 0.2) is 59.7 Å². The highest BCUT2D eigenvalue weighted by Gasteiger charge is 2.01. The fourth-order valence-electron chi connectivity index (χ4n) is 1.91. The van der Waals surface area contributed by atoms with Crippen LogP contribution in [0.3, 0.4) is 0 Å². The van der Waals surface area contributed by atoms with Gasteiger partial charge in [0.15, 0.2) is 0 Å². The summed E-state index contributed by atoms with van der Waals surface area (Å²) in [5.74, 6) is 0.616. The Kier molecular flexibility index (Phi) is 5.52. The summed E-state index contributed by atoms with van der Waals surface area (Å²) in [6.07, 6.45) is 2.70. The van der Waals surface area contributed by atoms with E-state index in [1.165, 1.54) is 0 Å². The third-order valence-electron chi connectivity index (χ3n) is 3.02. The zero-order valence-electron chi connectivity index (χ0n) is 12.0. The lowest BCUT2D eigenvalue weighted by Gasteiger charge is -2.03. The molecular weight excluding hydrogens is 264 g/mol. The summed E-state index contributed by atoms with van der Waals surface area (Å²) >= 11 is 0. The van der Waals surface area contributed by atoms with Crippen LogP contribution in [0.2, 0.25) is 0 Å². The van der Waals surface area contributed by atoms with Crippen LogP contribution in [-0.4, -0.2) is 19.2 Å². The molecule has 2 rings (SSSR count). The van der Waals surface area contributed by atoms with Crippen LogP contribution in [0, 0.1) is 0 Å². The van der Waals surface area contributed by atoms with Crippen molar-refractivity contribution >= 4 is 12.1 Å². The molecule has 4 heteroatoms. The minimum atomic E-state index is -0.106. The highest BCUT2D eigenvalue weighted by molar-refractivity contribution is 5.85. The molecule has 0 heterocycles.